The van der Waals surface area contributed by atoms with E-state index in [0.29, 0.717) is 21.9 Å². The summed E-state index contributed by atoms with van der Waals surface area (Å²) in [4.78, 5) is 21.3. The number of carbonyl (C=O) groups excluding carboxylic acids is 1. The molecule has 0 N–H and O–H groups in total. The Hall–Kier alpha value is -2.21. The lowest BCUT2D eigenvalue weighted by atomic mass is 10.2. The van der Waals surface area contributed by atoms with Crippen molar-refractivity contribution in [2.45, 2.75) is 6.92 Å². The minimum atomic E-state index is -0.453. The van der Waals surface area contributed by atoms with Gasteiger partial charge in [0.15, 0.2) is 6.29 Å². The van der Waals surface area contributed by atoms with Crippen LogP contribution in [0.1, 0.15) is 15.2 Å². The zero-order valence-corrected chi connectivity index (χ0v) is 10.3. The van der Waals surface area contributed by atoms with Gasteiger partial charge in [0.1, 0.15) is 11.5 Å². The monoisotopic (exact) mass is 263 g/mol. The Labute approximate surface area is 107 Å². The lowest BCUT2D eigenvalue weighted by Crippen LogP contribution is -1.91. The number of thiophene rings is 1. The van der Waals surface area contributed by atoms with Gasteiger partial charge in [0.05, 0.1) is 9.80 Å². The van der Waals surface area contributed by atoms with E-state index in [9.17, 15) is 14.9 Å². The summed E-state index contributed by atoms with van der Waals surface area (Å²) in [5.74, 6) is 1.09. The van der Waals surface area contributed by atoms with E-state index in [1.54, 1.807) is 24.4 Å². The topological polar surface area (TPSA) is 69.4 Å². The predicted molar refractivity (Wildman–Crippen MR) is 67.6 cm³/mol. The second-order valence-corrected chi connectivity index (χ2v) is 4.55. The molecule has 0 radical (unpaired) electrons. The van der Waals surface area contributed by atoms with Crippen LogP contribution in [0.25, 0.3) is 0 Å². The number of hydrogen-bond acceptors (Lipinski definition) is 5. The molecule has 0 bridgehead atoms. The van der Waals surface area contributed by atoms with Gasteiger partial charge in [-0.05, 0) is 18.6 Å². The van der Waals surface area contributed by atoms with E-state index >= 15 is 0 Å². The van der Waals surface area contributed by atoms with Gasteiger partial charge in [-0.3, -0.25) is 14.9 Å². The van der Waals surface area contributed by atoms with Gasteiger partial charge in [0, 0.05) is 23.6 Å². The number of nitrogens with zero attached hydrogens (tertiary/aromatic N) is 1. The van der Waals surface area contributed by atoms with Gasteiger partial charge in [-0.2, -0.15) is 0 Å². The molecule has 0 amide bonds. The summed E-state index contributed by atoms with van der Waals surface area (Å²) in [6.45, 7) is 1.73. The van der Waals surface area contributed by atoms with Gasteiger partial charge >= 0.3 is 0 Å². The second kappa shape index (κ2) is 4.97. The number of aryl methyl sites for hydroxylation is 1. The third-order valence-electron chi connectivity index (χ3n) is 2.31. The molecule has 0 atom stereocenters. The van der Waals surface area contributed by atoms with Crippen LogP contribution in [0.15, 0.2) is 29.6 Å². The number of nitro groups is 1. The van der Waals surface area contributed by atoms with Crippen molar-refractivity contribution in [1.82, 2.24) is 0 Å². The van der Waals surface area contributed by atoms with E-state index in [1.807, 2.05) is 0 Å². The molecule has 1 aromatic heterocycles. The Balaban J connectivity index is 2.24. The Bertz CT molecular complexity index is 606. The van der Waals surface area contributed by atoms with Crippen molar-refractivity contribution in [3.05, 3.63) is 50.2 Å². The van der Waals surface area contributed by atoms with Crippen LogP contribution in [0.2, 0.25) is 0 Å². The van der Waals surface area contributed by atoms with Crippen LogP contribution in [0, 0.1) is 17.0 Å². The summed E-state index contributed by atoms with van der Waals surface area (Å²) in [6, 6.07) is 6.00. The highest BCUT2D eigenvalue weighted by Gasteiger charge is 2.10. The smallest absolute Gasteiger partial charge is 0.269 e. The molecule has 5 nitrogen and oxygen atoms in total. The average Bonchev–Trinajstić information content (AvgIpc) is 2.79. The molecule has 0 saturated carbocycles. The maximum atomic E-state index is 10.6. The van der Waals surface area contributed by atoms with Crippen molar-refractivity contribution in [3.63, 3.8) is 0 Å². The number of ether oxygens (including phenoxy) is 1. The molecule has 18 heavy (non-hydrogen) atoms. The van der Waals surface area contributed by atoms with Crippen LogP contribution in [-0.2, 0) is 0 Å². The number of nitro benzene ring substituents is 1. The molecule has 2 rings (SSSR count). The Kier molecular flexibility index (Phi) is 3.38. The standard InChI is InChI=1S/C12H9NO4S/c1-8-4-9(13(15)16)2-3-12(8)17-10-5-11(6-14)18-7-10/h2-7H,1H3. The molecule has 0 unspecified atom stereocenters. The maximum absolute atomic E-state index is 10.6. The summed E-state index contributed by atoms with van der Waals surface area (Å²) in [5, 5.41) is 12.3. The molecule has 0 aliphatic carbocycles. The molecule has 0 spiro atoms. The first-order chi connectivity index (χ1) is 8.60. The fourth-order valence-corrected chi connectivity index (χ4v) is 2.05. The number of carbonyl (C=O) groups is 1. The lowest BCUT2D eigenvalue weighted by Gasteiger charge is -2.06. The summed E-state index contributed by atoms with van der Waals surface area (Å²) in [6.07, 6.45) is 0.750. The molecule has 0 aliphatic heterocycles. The SMILES string of the molecule is Cc1cc([N+](=O)[O-])ccc1Oc1csc(C=O)c1. The zero-order chi connectivity index (χ0) is 13.1. The fraction of sp³-hybridized carbons (Fsp3) is 0.0833. The van der Waals surface area contributed by atoms with Gasteiger partial charge in [-0.1, -0.05) is 0 Å². The first-order valence-electron chi connectivity index (χ1n) is 5.07. The van der Waals surface area contributed by atoms with Gasteiger partial charge in [0.2, 0.25) is 0 Å². The van der Waals surface area contributed by atoms with Crippen LogP contribution in [0.5, 0.6) is 11.5 Å². The Morgan fingerprint density at radius 1 is 1.39 bits per heavy atom. The zero-order valence-electron chi connectivity index (χ0n) is 9.45. The number of aldehydes is 1. The van der Waals surface area contributed by atoms with Crippen molar-refractivity contribution in [1.29, 1.82) is 0 Å². The van der Waals surface area contributed by atoms with Crippen molar-refractivity contribution in [3.8, 4) is 11.5 Å². The van der Waals surface area contributed by atoms with Crippen molar-refractivity contribution < 1.29 is 14.5 Å². The quantitative estimate of drug-likeness (QED) is 0.480. The summed E-state index contributed by atoms with van der Waals surface area (Å²) >= 11 is 1.28. The number of rotatable bonds is 4. The predicted octanol–water partition coefficient (Wildman–Crippen LogP) is 3.57. The molecule has 2 aromatic rings. The molecule has 0 fully saturated rings. The molecule has 92 valence electrons. The highest BCUT2D eigenvalue weighted by molar-refractivity contribution is 7.11. The number of hydrogen-bond donors (Lipinski definition) is 0. The van der Waals surface area contributed by atoms with Crippen molar-refractivity contribution in [2.24, 2.45) is 0 Å². The molecule has 0 saturated heterocycles. The van der Waals surface area contributed by atoms with Crippen LogP contribution in [0.4, 0.5) is 5.69 Å². The van der Waals surface area contributed by atoms with Crippen LogP contribution >= 0.6 is 11.3 Å². The number of non-ortho nitro benzene ring substituents is 1. The van der Waals surface area contributed by atoms with E-state index in [2.05, 4.69) is 0 Å². The van der Waals surface area contributed by atoms with Gasteiger partial charge in [-0.15, -0.1) is 11.3 Å². The molecule has 1 aromatic carbocycles. The summed E-state index contributed by atoms with van der Waals surface area (Å²) in [5.41, 5.74) is 0.696. The maximum Gasteiger partial charge on any atom is 0.269 e. The summed E-state index contributed by atoms with van der Waals surface area (Å²) in [7, 11) is 0. The Morgan fingerprint density at radius 3 is 2.72 bits per heavy atom. The fourth-order valence-electron chi connectivity index (χ4n) is 1.44. The van der Waals surface area contributed by atoms with E-state index < -0.39 is 4.92 Å². The molecular formula is C12H9NO4S. The molecule has 1 heterocycles. The van der Waals surface area contributed by atoms with Gasteiger partial charge in [0.25, 0.3) is 5.69 Å². The first kappa shape index (κ1) is 12.3. The number of benzene rings is 1. The largest absolute Gasteiger partial charge is 0.456 e. The lowest BCUT2D eigenvalue weighted by molar-refractivity contribution is -0.384. The van der Waals surface area contributed by atoms with Crippen LogP contribution in [0.3, 0.4) is 0 Å². The van der Waals surface area contributed by atoms with E-state index in [0.717, 1.165) is 6.29 Å². The highest BCUT2D eigenvalue weighted by Crippen LogP contribution is 2.30. The van der Waals surface area contributed by atoms with Crippen LogP contribution < -0.4 is 4.74 Å². The Morgan fingerprint density at radius 2 is 2.17 bits per heavy atom. The van der Waals surface area contributed by atoms with E-state index in [1.165, 1.54) is 23.5 Å². The third-order valence-corrected chi connectivity index (χ3v) is 3.15. The van der Waals surface area contributed by atoms with E-state index in [4.69, 9.17) is 4.74 Å². The van der Waals surface area contributed by atoms with Crippen molar-refractivity contribution >= 4 is 23.3 Å². The van der Waals surface area contributed by atoms with Crippen LogP contribution in [-0.4, -0.2) is 11.2 Å². The average molecular weight is 263 g/mol. The third kappa shape index (κ3) is 2.54. The second-order valence-electron chi connectivity index (χ2n) is 3.61. The van der Waals surface area contributed by atoms with Gasteiger partial charge < -0.3 is 4.74 Å². The molecule has 6 heteroatoms. The minimum Gasteiger partial charge on any atom is -0.456 e. The molecular weight excluding hydrogens is 254 g/mol. The highest BCUT2D eigenvalue weighted by atomic mass is 32.1. The summed E-state index contributed by atoms with van der Waals surface area (Å²) < 4.78 is 5.56. The van der Waals surface area contributed by atoms with E-state index in [-0.39, 0.29) is 5.69 Å². The van der Waals surface area contributed by atoms with Gasteiger partial charge in [-0.25, -0.2) is 0 Å². The molecule has 0 aliphatic rings. The van der Waals surface area contributed by atoms with Crippen molar-refractivity contribution in [2.75, 3.05) is 0 Å². The first-order valence-corrected chi connectivity index (χ1v) is 5.94. The normalized spacial score (nSPS) is 10.1. The minimum absolute atomic E-state index is 0.0266.